The minimum atomic E-state index is -4.50. The van der Waals surface area contributed by atoms with Crippen LogP contribution in [0.5, 0.6) is 0 Å². The number of nitrogens with one attached hydrogen (secondary N) is 2. The lowest BCUT2D eigenvalue weighted by Crippen LogP contribution is -2.59. The van der Waals surface area contributed by atoms with E-state index in [0.29, 0.717) is 25.8 Å². The molecule has 2 aromatic rings. The first-order valence-electron chi connectivity index (χ1n) is 12.8. The van der Waals surface area contributed by atoms with Crippen molar-refractivity contribution in [3.05, 3.63) is 40.2 Å². The number of alkyl halides is 3. The molecule has 0 bridgehead atoms. The van der Waals surface area contributed by atoms with Crippen LogP contribution in [0, 0.1) is 5.41 Å². The predicted molar refractivity (Wildman–Crippen MR) is 140 cm³/mol. The van der Waals surface area contributed by atoms with E-state index >= 15 is 0 Å². The fraction of sp³-hybridized carbons (Fsp3) is 0.556. The van der Waals surface area contributed by atoms with E-state index in [1.54, 1.807) is 11.8 Å². The fourth-order valence-corrected chi connectivity index (χ4v) is 6.35. The summed E-state index contributed by atoms with van der Waals surface area (Å²) in [7, 11) is 0. The number of carboxylic acids is 1. The van der Waals surface area contributed by atoms with Gasteiger partial charge in [-0.15, -0.1) is 11.3 Å². The van der Waals surface area contributed by atoms with Crippen molar-refractivity contribution >= 4 is 29.1 Å². The van der Waals surface area contributed by atoms with Crippen LogP contribution in [0.25, 0.3) is 11.3 Å². The summed E-state index contributed by atoms with van der Waals surface area (Å²) < 4.78 is 39.2. The molecule has 3 N–H and O–H groups in total. The van der Waals surface area contributed by atoms with Crippen molar-refractivity contribution in [3.63, 3.8) is 0 Å². The van der Waals surface area contributed by atoms with Gasteiger partial charge in [-0.05, 0) is 65.5 Å². The van der Waals surface area contributed by atoms with E-state index in [-0.39, 0.29) is 33.8 Å². The quantitative estimate of drug-likeness (QED) is 0.473. The van der Waals surface area contributed by atoms with Crippen LogP contribution in [0.1, 0.15) is 68.7 Å². The predicted octanol–water partition coefficient (Wildman–Crippen LogP) is 4.56. The second-order valence-corrected chi connectivity index (χ2v) is 12.4. The molecule has 3 unspecified atom stereocenters. The Kier molecular flexibility index (Phi) is 7.83. The lowest BCUT2D eigenvalue weighted by molar-refractivity contribution is -0.158. The Hall–Kier alpha value is -2.99. The summed E-state index contributed by atoms with van der Waals surface area (Å²) in [6.07, 6.45) is -2.55. The van der Waals surface area contributed by atoms with E-state index in [2.05, 4.69) is 15.6 Å². The minimum Gasteiger partial charge on any atom is -0.481 e. The fourth-order valence-electron chi connectivity index (χ4n) is 5.62. The lowest BCUT2D eigenvalue weighted by Gasteiger charge is -2.47. The SMILES string of the molecule is CC(C)(C)NC1CCC(N2CC[C@H](NC(=O)c3nc(-c4cccc(C(F)(F)F)c4)cs3)C2=O)C(C)(C(=O)O)C1. The van der Waals surface area contributed by atoms with E-state index < -0.39 is 41.1 Å². The lowest BCUT2D eigenvalue weighted by atomic mass is 9.68. The zero-order valence-corrected chi connectivity index (χ0v) is 23.1. The number of rotatable bonds is 6. The third-order valence-electron chi connectivity index (χ3n) is 7.43. The molecule has 39 heavy (non-hydrogen) atoms. The maximum atomic E-state index is 13.3. The van der Waals surface area contributed by atoms with Crippen molar-refractivity contribution in [2.75, 3.05) is 6.54 Å². The second kappa shape index (κ2) is 10.5. The van der Waals surface area contributed by atoms with Crippen LogP contribution in [-0.4, -0.2) is 63.0 Å². The van der Waals surface area contributed by atoms with Crippen molar-refractivity contribution in [3.8, 4) is 11.3 Å². The number of aliphatic carboxylic acids is 1. The van der Waals surface area contributed by atoms with Gasteiger partial charge in [-0.1, -0.05) is 12.1 Å². The first-order valence-corrected chi connectivity index (χ1v) is 13.7. The molecule has 1 saturated carbocycles. The maximum absolute atomic E-state index is 13.3. The zero-order valence-electron chi connectivity index (χ0n) is 22.3. The van der Waals surface area contributed by atoms with Crippen LogP contribution in [0.3, 0.4) is 0 Å². The summed E-state index contributed by atoms with van der Waals surface area (Å²) in [6.45, 7) is 8.08. The van der Waals surface area contributed by atoms with E-state index in [1.807, 2.05) is 20.8 Å². The number of likely N-dealkylation sites (tertiary alicyclic amines) is 1. The molecule has 1 aromatic heterocycles. The van der Waals surface area contributed by atoms with Crippen LogP contribution in [0.4, 0.5) is 13.2 Å². The average molecular weight is 567 g/mol. The molecule has 2 aliphatic rings. The van der Waals surface area contributed by atoms with Crippen LogP contribution in [-0.2, 0) is 15.8 Å². The van der Waals surface area contributed by atoms with Gasteiger partial charge in [-0.25, -0.2) is 4.98 Å². The molecule has 8 nitrogen and oxygen atoms in total. The van der Waals surface area contributed by atoms with Gasteiger partial charge in [0, 0.05) is 35.1 Å². The number of benzene rings is 1. The summed E-state index contributed by atoms with van der Waals surface area (Å²) in [5, 5.41) is 17.8. The van der Waals surface area contributed by atoms with Crippen molar-refractivity contribution in [1.82, 2.24) is 20.5 Å². The highest BCUT2D eigenvalue weighted by atomic mass is 32.1. The molecule has 2 fully saturated rings. The van der Waals surface area contributed by atoms with E-state index in [4.69, 9.17) is 0 Å². The largest absolute Gasteiger partial charge is 0.481 e. The van der Waals surface area contributed by atoms with Gasteiger partial charge in [0.25, 0.3) is 5.91 Å². The Balaban J connectivity index is 1.43. The summed E-state index contributed by atoms with van der Waals surface area (Å²) in [4.78, 5) is 44.4. The van der Waals surface area contributed by atoms with E-state index in [0.717, 1.165) is 29.9 Å². The Labute approximate surface area is 229 Å². The number of aromatic nitrogens is 1. The third-order valence-corrected chi connectivity index (χ3v) is 8.27. The summed E-state index contributed by atoms with van der Waals surface area (Å²) in [5.41, 5.74) is -1.68. The van der Waals surface area contributed by atoms with Crippen molar-refractivity contribution in [1.29, 1.82) is 0 Å². The molecule has 2 amide bonds. The van der Waals surface area contributed by atoms with Crippen molar-refractivity contribution < 1.29 is 32.7 Å². The third kappa shape index (κ3) is 6.27. The first-order chi connectivity index (χ1) is 18.1. The van der Waals surface area contributed by atoms with Crippen LogP contribution in [0.2, 0.25) is 0 Å². The molecular formula is C27H33F3N4O4S. The normalized spacial score (nSPS) is 26.1. The molecule has 12 heteroatoms. The summed E-state index contributed by atoms with van der Waals surface area (Å²) in [6, 6.07) is 3.36. The Morgan fingerprint density at radius 3 is 2.54 bits per heavy atom. The zero-order chi connectivity index (χ0) is 28.8. The molecule has 4 atom stereocenters. The highest BCUT2D eigenvalue weighted by Gasteiger charge is 2.52. The average Bonchev–Trinajstić information content (AvgIpc) is 3.46. The van der Waals surface area contributed by atoms with Crippen molar-refractivity contribution in [2.45, 2.75) is 83.2 Å². The molecule has 1 aromatic carbocycles. The number of nitrogens with zero attached hydrogens (tertiary/aromatic N) is 2. The van der Waals surface area contributed by atoms with Gasteiger partial charge in [-0.3, -0.25) is 14.4 Å². The molecule has 0 spiro atoms. The molecule has 0 radical (unpaired) electrons. The number of thiazole rings is 1. The Morgan fingerprint density at radius 1 is 1.18 bits per heavy atom. The molecule has 4 rings (SSSR count). The Morgan fingerprint density at radius 2 is 1.90 bits per heavy atom. The molecule has 1 saturated heterocycles. The number of carbonyl (C=O) groups is 3. The van der Waals surface area contributed by atoms with Gasteiger partial charge in [0.1, 0.15) is 6.04 Å². The molecule has 212 valence electrons. The molecule has 1 aliphatic heterocycles. The van der Waals surface area contributed by atoms with Crippen LogP contribution >= 0.6 is 11.3 Å². The highest BCUT2D eigenvalue weighted by molar-refractivity contribution is 7.12. The highest BCUT2D eigenvalue weighted by Crippen LogP contribution is 2.41. The summed E-state index contributed by atoms with van der Waals surface area (Å²) >= 11 is 0.974. The molecule has 1 aliphatic carbocycles. The van der Waals surface area contributed by atoms with Crippen molar-refractivity contribution in [2.24, 2.45) is 5.41 Å². The monoisotopic (exact) mass is 566 g/mol. The van der Waals surface area contributed by atoms with E-state index in [1.165, 1.54) is 17.5 Å². The standard InChI is InChI=1S/C27H33F3N4O4S/c1-25(2,3)33-17-8-9-20(26(4,13-17)24(37)38)34-11-10-18(23(34)36)31-21(35)22-32-19(14-39-22)15-6-5-7-16(12-15)27(28,29)30/h5-7,12,14,17-18,20,33H,8-11,13H2,1-4H3,(H,31,35)(H,37,38)/t17?,18-,20?,26?/m0/s1. The Bertz CT molecular complexity index is 1260. The van der Waals surface area contributed by atoms with Gasteiger partial charge in [0.15, 0.2) is 5.01 Å². The summed E-state index contributed by atoms with van der Waals surface area (Å²) in [5.74, 6) is -1.90. The van der Waals surface area contributed by atoms with E-state index in [9.17, 15) is 32.7 Å². The number of carbonyl (C=O) groups excluding carboxylic acids is 2. The van der Waals surface area contributed by atoms with Crippen LogP contribution < -0.4 is 10.6 Å². The topological polar surface area (TPSA) is 112 Å². The number of halogens is 3. The number of carboxylic acid groups (broad SMARTS) is 1. The first kappa shape index (κ1) is 29.0. The van der Waals surface area contributed by atoms with Crippen LogP contribution in [0.15, 0.2) is 29.6 Å². The van der Waals surface area contributed by atoms with Gasteiger partial charge in [0.05, 0.1) is 16.7 Å². The van der Waals surface area contributed by atoms with Gasteiger partial charge in [0.2, 0.25) is 5.91 Å². The van der Waals surface area contributed by atoms with Gasteiger partial charge in [-0.2, -0.15) is 13.2 Å². The number of hydrogen-bond donors (Lipinski definition) is 3. The van der Waals surface area contributed by atoms with Gasteiger partial charge >= 0.3 is 12.1 Å². The smallest absolute Gasteiger partial charge is 0.416 e. The second-order valence-electron chi connectivity index (χ2n) is 11.6. The maximum Gasteiger partial charge on any atom is 0.416 e. The molecular weight excluding hydrogens is 533 g/mol. The van der Waals surface area contributed by atoms with Gasteiger partial charge < -0.3 is 20.6 Å². The minimum absolute atomic E-state index is 0.00600. The number of hydrogen-bond acceptors (Lipinski definition) is 6. The number of amides is 2. The molecule has 2 heterocycles.